The van der Waals surface area contributed by atoms with Crippen LogP contribution < -0.4 is 9.47 Å². The summed E-state index contributed by atoms with van der Waals surface area (Å²) in [6, 6.07) is 0. The number of hydrogen-bond acceptors (Lipinski definition) is 6. The van der Waals surface area contributed by atoms with Gasteiger partial charge < -0.3 is 9.47 Å². The van der Waals surface area contributed by atoms with E-state index in [1.165, 1.54) is 27.9 Å². The molecule has 1 aromatic rings. The van der Waals surface area contributed by atoms with E-state index in [-0.39, 0.29) is 33.9 Å². The highest BCUT2D eigenvalue weighted by molar-refractivity contribution is 6.01. The van der Waals surface area contributed by atoms with Crippen molar-refractivity contribution in [1.82, 2.24) is 0 Å². The van der Waals surface area contributed by atoms with Gasteiger partial charge in [-0.25, -0.2) is 0 Å². The first kappa shape index (κ1) is 15.6. The predicted molar refractivity (Wildman–Crippen MR) is 70.4 cm³/mol. The molecular weight excluding hydrogens is 266 g/mol. The van der Waals surface area contributed by atoms with E-state index in [1.54, 1.807) is 0 Å². The Morgan fingerprint density at radius 2 is 1.65 bits per heavy atom. The van der Waals surface area contributed by atoms with Crippen LogP contribution in [0, 0.1) is 24.0 Å². The van der Waals surface area contributed by atoms with Crippen molar-refractivity contribution in [1.29, 1.82) is 0 Å². The normalized spacial score (nSPS) is 10.1. The molecule has 0 aromatic heterocycles. The maximum Gasteiger partial charge on any atom is 0.308 e. The number of carbonyl (C=O) groups excluding carboxylic acids is 2. The topological polar surface area (TPSA) is 95.7 Å². The highest BCUT2D eigenvalue weighted by Gasteiger charge is 2.30. The van der Waals surface area contributed by atoms with Crippen molar-refractivity contribution < 1.29 is 24.0 Å². The van der Waals surface area contributed by atoms with Crippen molar-refractivity contribution in [3.63, 3.8) is 0 Å². The number of esters is 1. The van der Waals surface area contributed by atoms with Crippen LogP contribution in [-0.2, 0) is 4.79 Å². The monoisotopic (exact) mass is 281 g/mol. The van der Waals surface area contributed by atoms with Crippen LogP contribution in [-0.4, -0.2) is 23.8 Å². The first-order chi connectivity index (χ1) is 9.22. The van der Waals surface area contributed by atoms with Crippen LogP contribution in [0.3, 0.4) is 0 Å². The van der Waals surface area contributed by atoms with Gasteiger partial charge in [0.15, 0.2) is 17.3 Å². The molecule has 0 spiro atoms. The second kappa shape index (κ2) is 5.68. The van der Waals surface area contributed by atoms with Crippen LogP contribution in [0.4, 0.5) is 5.69 Å². The van der Waals surface area contributed by atoms with Gasteiger partial charge in [-0.1, -0.05) is 0 Å². The molecule has 0 radical (unpaired) electrons. The van der Waals surface area contributed by atoms with Crippen LogP contribution in [0.2, 0.25) is 0 Å². The number of nitro benzene ring substituents is 1. The summed E-state index contributed by atoms with van der Waals surface area (Å²) in [6.45, 7) is 5.33. The van der Waals surface area contributed by atoms with Crippen molar-refractivity contribution in [2.75, 3.05) is 7.11 Å². The highest BCUT2D eigenvalue weighted by Crippen LogP contribution is 2.43. The van der Waals surface area contributed by atoms with Crippen LogP contribution in [0.25, 0.3) is 0 Å². The zero-order chi connectivity index (χ0) is 15.6. The molecule has 0 aliphatic rings. The molecule has 0 heterocycles. The molecule has 0 aliphatic heterocycles. The van der Waals surface area contributed by atoms with E-state index in [1.807, 2.05) is 0 Å². The summed E-state index contributed by atoms with van der Waals surface area (Å²) in [6.07, 6.45) is 0. The fraction of sp³-hybridized carbons (Fsp3) is 0.385. The van der Waals surface area contributed by atoms with Gasteiger partial charge in [0, 0.05) is 12.5 Å². The predicted octanol–water partition coefficient (Wildman–Crippen LogP) is 2.35. The number of nitrogens with zero attached hydrogens (tertiary/aromatic N) is 1. The lowest BCUT2D eigenvalue weighted by Crippen LogP contribution is -2.11. The number of carbonyl (C=O) groups is 2. The Kier molecular flexibility index (Phi) is 4.44. The van der Waals surface area contributed by atoms with Crippen molar-refractivity contribution >= 4 is 17.4 Å². The Balaban J connectivity index is 3.86. The minimum absolute atomic E-state index is 0.0355. The van der Waals surface area contributed by atoms with E-state index < -0.39 is 16.7 Å². The average molecular weight is 281 g/mol. The maximum absolute atomic E-state index is 11.7. The largest absolute Gasteiger partial charge is 0.492 e. The van der Waals surface area contributed by atoms with Crippen molar-refractivity contribution in [2.24, 2.45) is 0 Å². The van der Waals surface area contributed by atoms with Crippen LogP contribution in [0.15, 0.2) is 0 Å². The van der Waals surface area contributed by atoms with Gasteiger partial charge in [0.25, 0.3) is 5.69 Å². The molecule has 0 fully saturated rings. The molecule has 7 heteroatoms. The van der Waals surface area contributed by atoms with Crippen molar-refractivity contribution in [3.05, 3.63) is 26.8 Å². The van der Waals surface area contributed by atoms with Crippen molar-refractivity contribution in [3.8, 4) is 11.5 Å². The Labute approximate surface area is 115 Å². The van der Waals surface area contributed by atoms with Gasteiger partial charge in [-0.15, -0.1) is 0 Å². The van der Waals surface area contributed by atoms with E-state index in [0.717, 1.165) is 6.92 Å². The number of ether oxygens (including phenoxy) is 2. The minimum Gasteiger partial charge on any atom is -0.492 e. The zero-order valence-corrected chi connectivity index (χ0v) is 11.9. The SMILES string of the molecule is COc1c(OC(C)=O)c(C)c([N+](=O)[O-])c(C)c1C(C)=O. The summed E-state index contributed by atoms with van der Waals surface area (Å²) in [5.74, 6) is -1.12. The average Bonchev–Trinajstić information content (AvgIpc) is 2.30. The minimum atomic E-state index is -0.654. The molecule has 0 unspecified atom stereocenters. The molecular formula is C13H15NO6. The second-order valence-electron chi connectivity index (χ2n) is 4.24. The lowest BCUT2D eigenvalue weighted by Gasteiger charge is -2.16. The van der Waals surface area contributed by atoms with E-state index in [9.17, 15) is 19.7 Å². The third kappa shape index (κ3) is 2.61. The van der Waals surface area contributed by atoms with Crippen LogP contribution in [0.1, 0.15) is 35.3 Å². The first-order valence-electron chi connectivity index (χ1n) is 5.77. The highest BCUT2D eigenvalue weighted by atomic mass is 16.6. The fourth-order valence-electron chi connectivity index (χ4n) is 2.12. The molecule has 0 saturated heterocycles. The zero-order valence-electron chi connectivity index (χ0n) is 11.9. The molecule has 20 heavy (non-hydrogen) atoms. The smallest absolute Gasteiger partial charge is 0.308 e. The number of hydrogen-bond donors (Lipinski definition) is 0. The Bertz CT molecular complexity index is 606. The molecule has 7 nitrogen and oxygen atoms in total. The maximum atomic E-state index is 11.7. The summed E-state index contributed by atoms with van der Waals surface area (Å²) in [7, 11) is 1.31. The first-order valence-corrected chi connectivity index (χ1v) is 5.77. The van der Waals surface area contributed by atoms with Gasteiger partial charge in [-0.3, -0.25) is 19.7 Å². The van der Waals surface area contributed by atoms with Gasteiger partial charge in [0.05, 0.1) is 23.2 Å². The molecule has 108 valence electrons. The second-order valence-corrected chi connectivity index (χ2v) is 4.24. The Hall–Kier alpha value is -2.44. The van der Waals surface area contributed by atoms with Crippen LogP contribution >= 0.6 is 0 Å². The van der Waals surface area contributed by atoms with Crippen LogP contribution in [0.5, 0.6) is 11.5 Å². The third-order valence-corrected chi connectivity index (χ3v) is 2.84. The summed E-state index contributed by atoms with van der Waals surface area (Å²) < 4.78 is 10.1. The number of Topliss-reactive ketones (excluding diaryl/α,β-unsaturated/α-hetero) is 1. The molecule has 1 aromatic carbocycles. The number of methoxy groups -OCH3 is 1. The summed E-state index contributed by atoms with van der Waals surface area (Å²) in [5.41, 5.74) is 0.116. The van der Waals surface area contributed by atoms with E-state index >= 15 is 0 Å². The summed E-state index contributed by atoms with van der Waals surface area (Å²) >= 11 is 0. The molecule has 0 aliphatic carbocycles. The lowest BCUT2D eigenvalue weighted by atomic mass is 9.97. The molecule has 0 bridgehead atoms. The molecule has 0 saturated carbocycles. The summed E-state index contributed by atoms with van der Waals surface area (Å²) in [5, 5.41) is 11.2. The number of benzene rings is 1. The number of ketones is 1. The number of rotatable bonds is 4. The molecule has 0 N–H and O–H groups in total. The van der Waals surface area contributed by atoms with Gasteiger partial charge in [0.1, 0.15) is 0 Å². The third-order valence-electron chi connectivity index (χ3n) is 2.84. The standard InChI is InChI=1S/C13H15NO6/c1-6-10(8(3)15)13(19-5)12(20-9(4)16)7(2)11(6)14(17)18/h1-5H3. The van der Waals surface area contributed by atoms with Gasteiger partial charge in [-0.2, -0.15) is 0 Å². The van der Waals surface area contributed by atoms with E-state index in [4.69, 9.17) is 9.47 Å². The van der Waals surface area contributed by atoms with E-state index in [0.29, 0.717) is 0 Å². The quantitative estimate of drug-likeness (QED) is 0.276. The molecule has 1 rings (SSSR count). The fourth-order valence-corrected chi connectivity index (χ4v) is 2.12. The van der Waals surface area contributed by atoms with Gasteiger partial charge in [0.2, 0.25) is 0 Å². The van der Waals surface area contributed by atoms with Gasteiger partial charge >= 0.3 is 5.97 Å². The van der Waals surface area contributed by atoms with Crippen molar-refractivity contribution in [2.45, 2.75) is 27.7 Å². The molecule has 0 atom stereocenters. The lowest BCUT2D eigenvalue weighted by molar-refractivity contribution is -0.386. The number of nitro groups is 1. The Morgan fingerprint density at radius 1 is 1.10 bits per heavy atom. The molecule has 0 amide bonds. The van der Waals surface area contributed by atoms with E-state index in [2.05, 4.69) is 0 Å². The summed E-state index contributed by atoms with van der Waals surface area (Å²) in [4.78, 5) is 33.4. The van der Waals surface area contributed by atoms with Gasteiger partial charge in [-0.05, 0) is 20.8 Å². The Morgan fingerprint density at radius 3 is 2.00 bits per heavy atom.